The molecule has 0 amide bonds. The van der Waals surface area contributed by atoms with Crippen molar-refractivity contribution in [2.75, 3.05) is 0 Å². The summed E-state index contributed by atoms with van der Waals surface area (Å²) < 4.78 is 75.1. The first-order valence-electron chi connectivity index (χ1n) is 2.55. The van der Waals surface area contributed by atoms with Crippen LogP contribution in [0.25, 0.3) is 0 Å². The van der Waals surface area contributed by atoms with E-state index in [-0.39, 0.29) is 0 Å². The zero-order valence-corrected chi connectivity index (χ0v) is 8.32. The molecule has 0 bridgehead atoms. The molecule has 0 aromatic heterocycles. The third-order valence-corrected chi connectivity index (χ3v) is 0.958. The van der Waals surface area contributed by atoms with E-state index in [1.165, 1.54) is 0 Å². The number of alkyl halides is 2. The molecule has 0 heterocycles. The van der Waals surface area contributed by atoms with Crippen LogP contribution in [0.3, 0.4) is 0 Å². The molecule has 0 fully saturated rings. The van der Waals surface area contributed by atoms with Gasteiger partial charge in [-0.3, -0.25) is 0 Å². The second-order valence-corrected chi connectivity index (χ2v) is 3.06. The summed E-state index contributed by atoms with van der Waals surface area (Å²) in [5.41, 5.74) is 0. The fourth-order valence-electron chi connectivity index (χ4n) is 0.0825. The third kappa shape index (κ3) is 9.85. The van der Waals surface area contributed by atoms with E-state index in [0.29, 0.717) is 0 Å². The van der Waals surface area contributed by atoms with Crippen LogP contribution >= 0.6 is 27.5 Å². The molecule has 9 heteroatoms. The Morgan fingerprint density at radius 3 is 1.21 bits per heavy atom. The minimum Gasteiger partial charge on any atom is -0.202 e. The first-order valence-corrected chi connectivity index (χ1v) is 3.72. The van der Waals surface area contributed by atoms with Gasteiger partial charge in [0.25, 0.3) is 12.5 Å². The van der Waals surface area contributed by atoms with E-state index < -0.39 is 28.4 Å². The van der Waals surface area contributed by atoms with Gasteiger partial charge in [-0.1, -0.05) is 11.6 Å². The third-order valence-electron chi connectivity index (χ3n) is 0.515. The Bertz CT molecular complexity index is 214. The maximum atomic E-state index is 11.0. The van der Waals surface area contributed by atoms with E-state index in [9.17, 15) is 30.7 Å². The Morgan fingerprint density at radius 1 is 0.929 bits per heavy atom. The highest BCUT2D eigenvalue weighted by Gasteiger charge is 2.16. The van der Waals surface area contributed by atoms with E-state index in [4.69, 9.17) is 0 Å². The lowest BCUT2D eigenvalue weighted by Gasteiger charge is -1.88. The molecule has 0 nitrogen and oxygen atoms in total. The molecule has 14 heavy (non-hydrogen) atoms. The molecule has 0 N–H and O–H groups in total. The van der Waals surface area contributed by atoms with E-state index >= 15 is 0 Å². The number of allylic oxidation sites excluding steroid dienone is 1. The summed E-state index contributed by atoms with van der Waals surface area (Å²) in [7, 11) is 0. The molecule has 0 aromatic rings. The average molecular weight is 309 g/mol. The molecule has 0 rings (SSSR count). The van der Waals surface area contributed by atoms with Crippen molar-refractivity contribution in [1.29, 1.82) is 0 Å². The van der Waals surface area contributed by atoms with Crippen LogP contribution in [0.15, 0.2) is 21.9 Å². The van der Waals surface area contributed by atoms with Gasteiger partial charge in [0.15, 0.2) is 0 Å². The van der Waals surface area contributed by atoms with Crippen molar-refractivity contribution in [3.63, 3.8) is 0 Å². The fraction of sp³-hybridized carbons (Fsp3) is 0.200. The van der Waals surface area contributed by atoms with Crippen molar-refractivity contribution in [3.05, 3.63) is 21.9 Å². The largest absolute Gasteiger partial charge is 0.307 e. The molecular weight excluding hydrogens is 308 g/mol. The molecule has 0 aliphatic heterocycles. The van der Waals surface area contributed by atoms with Gasteiger partial charge in [-0.2, -0.15) is 22.0 Å². The van der Waals surface area contributed by atoms with Gasteiger partial charge in [0.2, 0.25) is 5.83 Å². The summed E-state index contributed by atoms with van der Waals surface area (Å²) in [6.07, 6.45) is -8.54. The van der Waals surface area contributed by atoms with Crippen molar-refractivity contribution in [3.8, 4) is 0 Å². The SMILES string of the molecule is FC(F)=C(Cl)Br.FC(F)=C(F)C(F)F. The topological polar surface area (TPSA) is 0 Å². The van der Waals surface area contributed by atoms with Gasteiger partial charge in [0.1, 0.15) is 3.94 Å². The number of hydrogen-bond donors (Lipinski definition) is 0. The zero-order chi connectivity index (χ0) is 11.9. The minimum atomic E-state index is -3.69. The highest BCUT2D eigenvalue weighted by Crippen LogP contribution is 2.17. The monoisotopic (exact) mass is 308 g/mol. The van der Waals surface area contributed by atoms with Gasteiger partial charge < -0.3 is 0 Å². The fourth-order valence-corrected chi connectivity index (χ4v) is 0.0825. The lowest BCUT2D eigenvalue weighted by Crippen LogP contribution is -1.90. The Kier molecular flexibility index (Phi) is 9.37. The highest BCUT2D eigenvalue weighted by molar-refractivity contribution is 9.12. The highest BCUT2D eigenvalue weighted by atomic mass is 79.9. The van der Waals surface area contributed by atoms with Gasteiger partial charge in [0.05, 0.1) is 0 Å². The summed E-state index contributed by atoms with van der Waals surface area (Å²) in [5, 5.41) is 0. The van der Waals surface area contributed by atoms with Crippen molar-refractivity contribution < 1.29 is 30.7 Å². The molecule has 0 saturated carbocycles. The van der Waals surface area contributed by atoms with E-state index in [0.717, 1.165) is 0 Å². The zero-order valence-electron chi connectivity index (χ0n) is 5.98. The Balaban J connectivity index is 0. The lowest BCUT2D eigenvalue weighted by atomic mass is 10.6. The molecule has 0 aromatic carbocycles. The molecule has 0 radical (unpaired) electrons. The molecule has 0 aliphatic rings. The summed E-state index contributed by atoms with van der Waals surface area (Å²) in [4.78, 5) is 0. The second kappa shape index (κ2) is 8.10. The maximum absolute atomic E-state index is 11.0. The first kappa shape index (κ1) is 16.2. The normalized spacial score (nSPS) is 9.00. The summed E-state index contributed by atoms with van der Waals surface area (Å²) in [6, 6.07) is 0. The van der Waals surface area contributed by atoms with Gasteiger partial charge in [-0.05, 0) is 15.9 Å². The van der Waals surface area contributed by atoms with Crippen molar-refractivity contribution >= 4 is 27.5 Å². The van der Waals surface area contributed by atoms with E-state index in [1.807, 2.05) is 0 Å². The molecule has 0 spiro atoms. The number of halogens is 9. The predicted octanol–water partition coefficient (Wildman–Crippen LogP) is 5.01. The van der Waals surface area contributed by atoms with Crippen LogP contribution in [0.1, 0.15) is 0 Å². The van der Waals surface area contributed by atoms with Gasteiger partial charge in [-0.25, -0.2) is 8.78 Å². The molecule has 84 valence electrons. The van der Waals surface area contributed by atoms with Crippen LogP contribution < -0.4 is 0 Å². The minimum absolute atomic E-state index is 0.623. The Hall–Kier alpha value is -0.240. The number of rotatable bonds is 1. The van der Waals surface area contributed by atoms with E-state index in [2.05, 4.69) is 27.5 Å². The predicted molar refractivity (Wildman–Crippen MR) is 40.4 cm³/mol. The Morgan fingerprint density at radius 2 is 1.21 bits per heavy atom. The Labute approximate surface area is 87.2 Å². The quantitative estimate of drug-likeness (QED) is 0.597. The summed E-state index contributed by atoms with van der Waals surface area (Å²) in [6.45, 7) is 0. The van der Waals surface area contributed by atoms with Crippen molar-refractivity contribution in [2.45, 2.75) is 6.43 Å². The van der Waals surface area contributed by atoms with Crippen molar-refractivity contribution in [1.82, 2.24) is 0 Å². The number of hydrogen-bond acceptors (Lipinski definition) is 0. The molecular formula is C5HBrClF7. The van der Waals surface area contributed by atoms with Gasteiger partial charge >= 0.3 is 6.08 Å². The molecule has 0 unspecified atom stereocenters. The average Bonchev–Trinajstić information content (AvgIpc) is 2.03. The van der Waals surface area contributed by atoms with Crippen LogP contribution in [-0.4, -0.2) is 6.43 Å². The molecule has 0 aliphatic carbocycles. The van der Waals surface area contributed by atoms with Crippen LogP contribution in [0.5, 0.6) is 0 Å². The summed E-state index contributed by atoms with van der Waals surface area (Å²) >= 11 is 6.99. The maximum Gasteiger partial charge on any atom is 0.307 e. The van der Waals surface area contributed by atoms with Crippen LogP contribution in [-0.2, 0) is 0 Å². The second-order valence-electron chi connectivity index (χ2n) is 1.43. The smallest absolute Gasteiger partial charge is 0.202 e. The molecule has 0 saturated heterocycles. The first-order chi connectivity index (χ1) is 6.20. The lowest BCUT2D eigenvalue weighted by molar-refractivity contribution is 0.145. The standard InChI is InChI=1S/C3HF5.C2BrClF2/c4-1(2(5)6)3(7)8;3-1(4)2(5)6/h2H;. The summed E-state index contributed by atoms with van der Waals surface area (Å²) in [5.74, 6) is -2.65. The van der Waals surface area contributed by atoms with Gasteiger partial charge in [-0.15, -0.1) is 0 Å². The van der Waals surface area contributed by atoms with Crippen LogP contribution in [0.4, 0.5) is 30.7 Å². The van der Waals surface area contributed by atoms with Crippen molar-refractivity contribution in [2.24, 2.45) is 0 Å². The van der Waals surface area contributed by atoms with Crippen LogP contribution in [0.2, 0.25) is 0 Å². The van der Waals surface area contributed by atoms with Crippen LogP contribution in [0, 0.1) is 0 Å². The van der Waals surface area contributed by atoms with Gasteiger partial charge in [0, 0.05) is 0 Å². The molecule has 0 atom stereocenters. The van der Waals surface area contributed by atoms with E-state index in [1.54, 1.807) is 0 Å².